The number of hydrogen-bond donors (Lipinski definition) is 0. The Labute approximate surface area is 168 Å². The highest BCUT2D eigenvalue weighted by molar-refractivity contribution is 7.10. The summed E-state index contributed by atoms with van der Waals surface area (Å²) in [7, 11) is 0. The van der Waals surface area contributed by atoms with Crippen LogP contribution in [0.15, 0.2) is 52.4 Å². The van der Waals surface area contributed by atoms with Gasteiger partial charge in [0.25, 0.3) is 0 Å². The number of likely N-dealkylation sites (tertiary alicyclic amines) is 1. The van der Waals surface area contributed by atoms with Crippen LogP contribution < -0.4 is 0 Å². The maximum absolute atomic E-state index is 13.3. The van der Waals surface area contributed by atoms with Crippen molar-refractivity contribution in [2.45, 2.75) is 43.4 Å². The minimum absolute atomic E-state index is 0.155. The van der Waals surface area contributed by atoms with Crippen molar-refractivity contribution in [2.24, 2.45) is 0 Å². The summed E-state index contributed by atoms with van der Waals surface area (Å²) in [5, 5.41) is 6.21. The number of carbonyl (C=O) groups is 1. The van der Waals surface area contributed by atoms with Crippen LogP contribution in [0.25, 0.3) is 0 Å². The zero-order valence-corrected chi connectivity index (χ0v) is 16.5. The molecule has 0 unspecified atom stereocenters. The summed E-state index contributed by atoms with van der Waals surface area (Å²) in [4.78, 5) is 21.1. The highest BCUT2D eigenvalue weighted by Crippen LogP contribution is 2.46. The molecule has 28 heavy (non-hydrogen) atoms. The summed E-state index contributed by atoms with van der Waals surface area (Å²) in [6.45, 7) is 1.36. The van der Waals surface area contributed by atoms with Crippen LogP contribution >= 0.6 is 11.3 Å². The SMILES string of the molecule is O=C(N1CC(c2nc(Cc3ccccc3)no2)C1)C1(c2cccs2)CCCC1. The van der Waals surface area contributed by atoms with Crippen molar-refractivity contribution < 1.29 is 9.32 Å². The molecule has 1 aliphatic carbocycles. The van der Waals surface area contributed by atoms with Crippen molar-refractivity contribution in [3.63, 3.8) is 0 Å². The molecule has 1 saturated carbocycles. The van der Waals surface area contributed by atoms with E-state index in [1.807, 2.05) is 23.1 Å². The zero-order valence-electron chi connectivity index (χ0n) is 15.7. The predicted octanol–water partition coefficient (Wildman–Crippen LogP) is 4.16. The smallest absolute Gasteiger partial charge is 0.234 e. The van der Waals surface area contributed by atoms with Gasteiger partial charge in [0.05, 0.1) is 11.3 Å². The van der Waals surface area contributed by atoms with Gasteiger partial charge in [-0.15, -0.1) is 11.3 Å². The van der Waals surface area contributed by atoms with E-state index in [9.17, 15) is 4.79 Å². The van der Waals surface area contributed by atoms with Gasteiger partial charge in [-0.3, -0.25) is 4.79 Å². The fraction of sp³-hybridized carbons (Fsp3) is 0.409. The zero-order chi connectivity index (χ0) is 19.0. The Bertz CT molecular complexity index is 939. The van der Waals surface area contributed by atoms with Crippen molar-refractivity contribution >= 4 is 17.2 Å². The number of nitrogens with zero attached hydrogens (tertiary/aromatic N) is 3. The Morgan fingerprint density at radius 3 is 2.64 bits per heavy atom. The normalized spacial score (nSPS) is 18.9. The van der Waals surface area contributed by atoms with E-state index in [2.05, 4.69) is 39.8 Å². The highest BCUT2D eigenvalue weighted by Gasteiger charge is 2.49. The first kappa shape index (κ1) is 17.6. The fourth-order valence-corrected chi connectivity index (χ4v) is 5.46. The van der Waals surface area contributed by atoms with E-state index in [1.165, 1.54) is 10.4 Å². The van der Waals surface area contributed by atoms with Crippen LogP contribution in [0.2, 0.25) is 0 Å². The van der Waals surface area contributed by atoms with Crippen molar-refractivity contribution in [3.8, 4) is 0 Å². The van der Waals surface area contributed by atoms with Crippen LogP contribution in [0.4, 0.5) is 0 Å². The molecule has 1 aliphatic heterocycles. The van der Waals surface area contributed by atoms with E-state index in [0.717, 1.165) is 25.7 Å². The number of carbonyl (C=O) groups excluding carboxylic acids is 1. The maximum atomic E-state index is 13.3. The van der Waals surface area contributed by atoms with Crippen LogP contribution in [0.5, 0.6) is 0 Å². The third kappa shape index (κ3) is 3.05. The second-order valence-corrected chi connectivity index (χ2v) is 8.83. The second kappa shape index (κ2) is 7.17. The number of aromatic nitrogens is 2. The third-order valence-electron chi connectivity index (χ3n) is 6.07. The summed E-state index contributed by atoms with van der Waals surface area (Å²) in [5.74, 6) is 1.80. The molecule has 0 atom stereocenters. The predicted molar refractivity (Wildman–Crippen MR) is 107 cm³/mol. The van der Waals surface area contributed by atoms with Crippen molar-refractivity contribution in [1.82, 2.24) is 15.0 Å². The van der Waals surface area contributed by atoms with Crippen LogP contribution in [-0.4, -0.2) is 34.0 Å². The van der Waals surface area contributed by atoms with Crippen molar-refractivity contribution in [3.05, 3.63) is 70.0 Å². The largest absolute Gasteiger partial charge is 0.340 e. The number of rotatable bonds is 5. The lowest BCUT2D eigenvalue weighted by Crippen LogP contribution is -2.55. The minimum atomic E-state index is -0.299. The van der Waals surface area contributed by atoms with E-state index in [4.69, 9.17) is 4.52 Å². The van der Waals surface area contributed by atoms with E-state index >= 15 is 0 Å². The molecule has 0 N–H and O–H groups in total. The van der Waals surface area contributed by atoms with E-state index < -0.39 is 0 Å². The van der Waals surface area contributed by atoms with Crippen LogP contribution in [0, 0.1) is 0 Å². The lowest BCUT2D eigenvalue weighted by atomic mass is 9.81. The first-order valence-corrected chi connectivity index (χ1v) is 10.8. The van der Waals surface area contributed by atoms with Gasteiger partial charge in [-0.1, -0.05) is 54.4 Å². The number of benzene rings is 1. The molecule has 5 nitrogen and oxygen atoms in total. The monoisotopic (exact) mass is 393 g/mol. The van der Waals surface area contributed by atoms with Crippen LogP contribution in [-0.2, 0) is 16.6 Å². The molecule has 3 heterocycles. The molecule has 6 heteroatoms. The third-order valence-corrected chi connectivity index (χ3v) is 7.14. The molecule has 1 amide bonds. The highest BCUT2D eigenvalue weighted by atomic mass is 32.1. The van der Waals surface area contributed by atoms with E-state index in [1.54, 1.807) is 11.3 Å². The Morgan fingerprint density at radius 1 is 1.14 bits per heavy atom. The summed E-state index contributed by atoms with van der Waals surface area (Å²) in [5.41, 5.74) is 0.867. The average molecular weight is 394 g/mol. The van der Waals surface area contributed by atoms with Gasteiger partial charge in [0, 0.05) is 24.4 Å². The van der Waals surface area contributed by atoms with Gasteiger partial charge in [0.2, 0.25) is 11.8 Å². The van der Waals surface area contributed by atoms with Crippen LogP contribution in [0.3, 0.4) is 0 Å². The van der Waals surface area contributed by atoms with Crippen molar-refractivity contribution in [2.75, 3.05) is 13.1 Å². The Balaban J connectivity index is 1.24. The standard InChI is InChI=1S/C22H23N3O2S/c26-21(22(10-4-5-11-22)18-9-6-12-28-18)25-14-17(15-25)20-23-19(24-27-20)13-16-7-2-1-3-8-16/h1-3,6-9,12,17H,4-5,10-11,13-15H2. The first-order chi connectivity index (χ1) is 13.7. The van der Waals surface area contributed by atoms with Gasteiger partial charge in [-0.2, -0.15) is 4.98 Å². The molecule has 1 aromatic carbocycles. The molecule has 0 radical (unpaired) electrons. The molecule has 144 valence electrons. The van der Waals surface area contributed by atoms with Gasteiger partial charge in [-0.05, 0) is 29.9 Å². The average Bonchev–Trinajstić information content (AvgIpc) is 3.43. The minimum Gasteiger partial charge on any atom is -0.340 e. The summed E-state index contributed by atoms with van der Waals surface area (Å²) in [6.07, 6.45) is 4.87. The lowest BCUT2D eigenvalue weighted by Gasteiger charge is -2.42. The summed E-state index contributed by atoms with van der Waals surface area (Å²) >= 11 is 1.71. The van der Waals surface area contributed by atoms with Gasteiger partial charge >= 0.3 is 0 Å². The van der Waals surface area contributed by atoms with Gasteiger partial charge < -0.3 is 9.42 Å². The van der Waals surface area contributed by atoms with Gasteiger partial charge in [0.1, 0.15) is 0 Å². The van der Waals surface area contributed by atoms with E-state index in [-0.39, 0.29) is 17.2 Å². The number of hydrogen-bond acceptors (Lipinski definition) is 5. The molecular formula is C22H23N3O2S. The van der Waals surface area contributed by atoms with Gasteiger partial charge in [0.15, 0.2) is 5.82 Å². The topological polar surface area (TPSA) is 59.2 Å². The molecule has 3 aromatic rings. The maximum Gasteiger partial charge on any atom is 0.234 e. The van der Waals surface area contributed by atoms with Crippen LogP contribution in [0.1, 0.15) is 53.8 Å². The molecular weight excluding hydrogens is 370 g/mol. The Hall–Kier alpha value is -2.47. The lowest BCUT2D eigenvalue weighted by molar-refractivity contribution is -0.142. The Morgan fingerprint density at radius 2 is 1.93 bits per heavy atom. The number of amides is 1. The molecule has 2 aliphatic rings. The quantitative estimate of drug-likeness (QED) is 0.653. The first-order valence-electron chi connectivity index (χ1n) is 9.94. The molecule has 2 fully saturated rings. The molecule has 1 saturated heterocycles. The molecule has 0 spiro atoms. The molecule has 2 aromatic heterocycles. The summed E-state index contributed by atoms with van der Waals surface area (Å²) < 4.78 is 5.49. The van der Waals surface area contributed by atoms with E-state index in [0.29, 0.717) is 31.2 Å². The fourth-order valence-electron chi connectivity index (χ4n) is 4.48. The summed E-state index contributed by atoms with van der Waals surface area (Å²) in [6, 6.07) is 14.3. The second-order valence-electron chi connectivity index (χ2n) is 7.88. The number of thiophene rings is 1. The van der Waals surface area contributed by atoms with Crippen molar-refractivity contribution in [1.29, 1.82) is 0 Å². The molecule has 5 rings (SSSR count). The molecule has 0 bridgehead atoms. The van der Waals surface area contributed by atoms with Gasteiger partial charge in [-0.25, -0.2) is 0 Å². The Kier molecular flexibility index (Phi) is 4.51.